The number of aromatic nitrogens is 1. The Bertz CT molecular complexity index is 594. The summed E-state index contributed by atoms with van der Waals surface area (Å²) in [6.07, 6.45) is 2.60. The zero-order valence-corrected chi connectivity index (χ0v) is 17.2. The van der Waals surface area contributed by atoms with Crippen LogP contribution in [0.5, 0.6) is 0 Å². The van der Waals surface area contributed by atoms with Crippen molar-refractivity contribution in [3.05, 3.63) is 23.9 Å². The van der Waals surface area contributed by atoms with Crippen molar-refractivity contribution in [1.29, 1.82) is 0 Å². The Balaban J connectivity index is 1.88. The van der Waals surface area contributed by atoms with Crippen LogP contribution >= 0.6 is 0 Å². The molecule has 146 valence electrons. The number of hydrogen-bond donors (Lipinski definition) is 2. The highest BCUT2D eigenvalue weighted by atomic mass is 16.5. The highest BCUT2D eigenvalue weighted by Gasteiger charge is 2.35. The number of rotatable bonds is 5. The van der Waals surface area contributed by atoms with Gasteiger partial charge in [-0.25, -0.2) is 4.98 Å². The molecule has 6 nitrogen and oxygen atoms in total. The molecular formula is C20H35N5O. The molecule has 1 aliphatic heterocycles. The van der Waals surface area contributed by atoms with Crippen LogP contribution in [-0.4, -0.2) is 51.3 Å². The van der Waals surface area contributed by atoms with Crippen molar-refractivity contribution < 1.29 is 4.74 Å². The van der Waals surface area contributed by atoms with E-state index in [1.165, 1.54) is 6.42 Å². The van der Waals surface area contributed by atoms with E-state index in [0.717, 1.165) is 37.0 Å². The van der Waals surface area contributed by atoms with Crippen LogP contribution in [0.1, 0.15) is 39.3 Å². The van der Waals surface area contributed by atoms with Gasteiger partial charge in [-0.3, -0.25) is 4.99 Å². The molecule has 2 unspecified atom stereocenters. The van der Waals surface area contributed by atoms with E-state index in [4.69, 9.17) is 4.74 Å². The van der Waals surface area contributed by atoms with Crippen LogP contribution in [-0.2, 0) is 11.3 Å². The van der Waals surface area contributed by atoms with Crippen LogP contribution in [0.25, 0.3) is 0 Å². The van der Waals surface area contributed by atoms with Gasteiger partial charge in [0.25, 0.3) is 0 Å². The number of guanidine groups is 1. The molecule has 2 atom stereocenters. The average Bonchev–Trinajstić information content (AvgIpc) is 2.61. The number of hydrogen-bond acceptors (Lipinski definition) is 4. The van der Waals surface area contributed by atoms with Gasteiger partial charge in [0.1, 0.15) is 5.82 Å². The zero-order chi connectivity index (χ0) is 19.2. The van der Waals surface area contributed by atoms with Gasteiger partial charge in [0.05, 0.1) is 18.3 Å². The minimum absolute atomic E-state index is 0.153. The van der Waals surface area contributed by atoms with E-state index in [1.807, 2.05) is 37.2 Å². The molecule has 0 amide bonds. The molecule has 1 saturated heterocycles. The molecule has 1 aromatic rings. The number of nitrogens with zero attached hydrogens (tertiary/aromatic N) is 3. The third kappa shape index (κ3) is 5.87. The molecular weight excluding hydrogens is 326 g/mol. The van der Waals surface area contributed by atoms with Crippen LogP contribution in [0.15, 0.2) is 23.2 Å². The van der Waals surface area contributed by atoms with Gasteiger partial charge < -0.3 is 20.3 Å². The topological polar surface area (TPSA) is 61.8 Å². The Hall–Kier alpha value is -1.82. The molecule has 26 heavy (non-hydrogen) atoms. The van der Waals surface area contributed by atoms with E-state index in [9.17, 15) is 0 Å². The van der Waals surface area contributed by atoms with E-state index in [2.05, 4.69) is 41.4 Å². The summed E-state index contributed by atoms with van der Waals surface area (Å²) in [7, 11) is 5.80. The van der Waals surface area contributed by atoms with Crippen molar-refractivity contribution in [3.63, 3.8) is 0 Å². The second-order valence-corrected chi connectivity index (χ2v) is 8.25. The van der Waals surface area contributed by atoms with E-state index in [-0.39, 0.29) is 11.5 Å². The lowest BCUT2D eigenvalue weighted by Crippen LogP contribution is -2.47. The minimum atomic E-state index is 0.153. The van der Waals surface area contributed by atoms with Gasteiger partial charge in [-0.05, 0) is 30.4 Å². The van der Waals surface area contributed by atoms with Gasteiger partial charge in [-0.1, -0.05) is 26.8 Å². The SMILES string of the molecule is CN=C(NCc1cccc(N(C)C)n1)NCC1CCCOC1C(C)(C)C. The maximum absolute atomic E-state index is 6.07. The fraction of sp³-hybridized carbons (Fsp3) is 0.700. The molecule has 0 spiro atoms. The van der Waals surface area contributed by atoms with Gasteiger partial charge in [-0.2, -0.15) is 0 Å². The summed E-state index contributed by atoms with van der Waals surface area (Å²) in [6.45, 7) is 9.16. The summed E-state index contributed by atoms with van der Waals surface area (Å²) < 4.78 is 6.07. The Labute approximate surface area is 158 Å². The van der Waals surface area contributed by atoms with Crippen LogP contribution in [0.3, 0.4) is 0 Å². The first-order chi connectivity index (χ1) is 12.3. The summed E-state index contributed by atoms with van der Waals surface area (Å²) in [5.41, 5.74) is 1.15. The van der Waals surface area contributed by atoms with E-state index in [0.29, 0.717) is 12.5 Å². The first-order valence-corrected chi connectivity index (χ1v) is 9.50. The van der Waals surface area contributed by atoms with Gasteiger partial charge in [-0.15, -0.1) is 0 Å². The standard InChI is InChI=1S/C20H35N5O/c1-20(2,3)18-15(9-8-12-26-18)13-22-19(21-4)23-14-16-10-7-11-17(24-16)25(5)6/h7,10-11,15,18H,8-9,12-14H2,1-6H3,(H2,21,22,23). The number of ether oxygens (including phenoxy) is 1. The van der Waals surface area contributed by atoms with Crippen LogP contribution in [0.2, 0.25) is 0 Å². The lowest BCUT2D eigenvalue weighted by atomic mass is 9.78. The van der Waals surface area contributed by atoms with E-state index in [1.54, 1.807) is 7.05 Å². The average molecular weight is 362 g/mol. The third-order valence-electron chi connectivity index (χ3n) is 4.74. The van der Waals surface area contributed by atoms with E-state index >= 15 is 0 Å². The highest BCUT2D eigenvalue weighted by Crippen LogP contribution is 2.33. The fourth-order valence-electron chi connectivity index (χ4n) is 3.45. The first kappa shape index (κ1) is 20.5. The van der Waals surface area contributed by atoms with E-state index < -0.39 is 0 Å². The van der Waals surface area contributed by atoms with Crippen molar-refractivity contribution in [2.75, 3.05) is 39.2 Å². The normalized spacial score (nSPS) is 21.4. The molecule has 1 aliphatic rings. The summed E-state index contributed by atoms with van der Waals surface area (Å²) in [4.78, 5) is 11.0. The second kappa shape index (κ2) is 9.21. The van der Waals surface area contributed by atoms with Crippen LogP contribution in [0.4, 0.5) is 5.82 Å². The largest absolute Gasteiger partial charge is 0.377 e. The molecule has 2 N–H and O–H groups in total. The predicted molar refractivity (Wildman–Crippen MR) is 109 cm³/mol. The molecule has 0 aromatic carbocycles. The minimum Gasteiger partial charge on any atom is -0.377 e. The molecule has 2 rings (SSSR count). The molecule has 0 aliphatic carbocycles. The number of nitrogens with one attached hydrogen (secondary N) is 2. The van der Waals surface area contributed by atoms with Gasteiger partial charge in [0.2, 0.25) is 0 Å². The number of anilines is 1. The lowest BCUT2D eigenvalue weighted by molar-refractivity contribution is -0.0835. The predicted octanol–water partition coefficient (Wildman–Crippen LogP) is 2.65. The molecule has 0 radical (unpaired) electrons. The summed E-state index contributed by atoms with van der Waals surface area (Å²) >= 11 is 0. The lowest BCUT2D eigenvalue weighted by Gasteiger charge is -2.40. The summed E-state index contributed by atoms with van der Waals surface area (Å²) in [5.74, 6) is 2.26. The van der Waals surface area contributed by atoms with Gasteiger partial charge in [0, 0.05) is 40.2 Å². The number of pyridine rings is 1. The van der Waals surface area contributed by atoms with Gasteiger partial charge >= 0.3 is 0 Å². The molecule has 0 bridgehead atoms. The summed E-state index contributed by atoms with van der Waals surface area (Å²) in [6, 6.07) is 6.06. The Morgan fingerprint density at radius 1 is 1.31 bits per heavy atom. The molecule has 0 saturated carbocycles. The van der Waals surface area contributed by atoms with Crippen molar-refractivity contribution in [2.24, 2.45) is 16.3 Å². The van der Waals surface area contributed by atoms with Crippen molar-refractivity contribution in [3.8, 4) is 0 Å². The molecule has 6 heteroatoms. The Morgan fingerprint density at radius 3 is 2.73 bits per heavy atom. The van der Waals surface area contributed by atoms with Crippen molar-refractivity contribution in [1.82, 2.24) is 15.6 Å². The fourth-order valence-corrected chi connectivity index (χ4v) is 3.45. The maximum Gasteiger partial charge on any atom is 0.191 e. The second-order valence-electron chi connectivity index (χ2n) is 8.25. The monoisotopic (exact) mass is 361 g/mol. The maximum atomic E-state index is 6.07. The summed E-state index contributed by atoms with van der Waals surface area (Å²) in [5, 5.41) is 6.83. The highest BCUT2D eigenvalue weighted by molar-refractivity contribution is 5.79. The molecule has 1 aromatic heterocycles. The molecule has 1 fully saturated rings. The first-order valence-electron chi connectivity index (χ1n) is 9.50. The smallest absolute Gasteiger partial charge is 0.191 e. The third-order valence-corrected chi connectivity index (χ3v) is 4.74. The van der Waals surface area contributed by atoms with Crippen molar-refractivity contribution >= 4 is 11.8 Å². The van der Waals surface area contributed by atoms with Crippen LogP contribution in [0, 0.1) is 11.3 Å². The Morgan fingerprint density at radius 2 is 2.08 bits per heavy atom. The van der Waals surface area contributed by atoms with Gasteiger partial charge in [0.15, 0.2) is 5.96 Å². The van der Waals surface area contributed by atoms with Crippen molar-refractivity contribution in [2.45, 2.75) is 46.3 Å². The number of aliphatic imine (C=N–C) groups is 1. The van der Waals surface area contributed by atoms with Crippen LogP contribution < -0.4 is 15.5 Å². The quantitative estimate of drug-likeness (QED) is 0.624. The Kier molecular flexibility index (Phi) is 7.26. The zero-order valence-electron chi connectivity index (χ0n) is 17.2. The molecule has 2 heterocycles.